The lowest BCUT2D eigenvalue weighted by molar-refractivity contribution is -0.201. The van der Waals surface area contributed by atoms with E-state index >= 15 is 0 Å². The number of aliphatic hydroxyl groups is 1. The number of fused-ring (bicyclic) bond motifs is 1. The molecule has 0 saturated carbocycles. The van der Waals surface area contributed by atoms with Crippen LogP contribution in [0.3, 0.4) is 0 Å². The Balaban J connectivity index is 1.77. The van der Waals surface area contributed by atoms with E-state index in [1.807, 2.05) is 31.4 Å². The summed E-state index contributed by atoms with van der Waals surface area (Å²) in [5, 5.41) is 19.8. The van der Waals surface area contributed by atoms with Gasteiger partial charge in [0.1, 0.15) is 24.0 Å². The second kappa shape index (κ2) is 6.95. The number of nitrogens with zero attached hydrogens (tertiary/aromatic N) is 3. The Hall–Kier alpha value is -1.85. The first-order valence-electron chi connectivity index (χ1n) is 8.73. The highest BCUT2D eigenvalue weighted by Crippen LogP contribution is 2.44. The van der Waals surface area contributed by atoms with Gasteiger partial charge in [-0.05, 0) is 32.2 Å². The van der Waals surface area contributed by atoms with Crippen LogP contribution in [0.15, 0.2) is 17.5 Å². The minimum atomic E-state index is -0.807. The average molecular weight is 395 g/mol. The van der Waals surface area contributed by atoms with Crippen LogP contribution in [0.1, 0.15) is 37.5 Å². The Bertz CT molecular complexity index is 821. The van der Waals surface area contributed by atoms with Crippen molar-refractivity contribution < 1.29 is 28.8 Å². The SMILES string of the molecule is CCOC(=O)c1nnn([C@@H]2O[C@H](CO)[C@H]3OC(C)(C)O[C@H]32)c1-c1cccs1. The summed E-state index contributed by atoms with van der Waals surface area (Å²) in [5.74, 6) is -1.36. The Kier molecular flexibility index (Phi) is 4.77. The van der Waals surface area contributed by atoms with E-state index in [0.29, 0.717) is 5.69 Å². The number of carbonyl (C=O) groups excluding carboxylic acids is 1. The van der Waals surface area contributed by atoms with Crippen LogP contribution < -0.4 is 0 Å². The quantitative estimate of drug-likeness (QED) is 0.761. The Labute approximate surface area is 159 Å². The molecule has 4 rings (SSSR count). The highest BCUT2D eigenvalue weighted by atomic mass is 32.1. The van der Waals surface area contributed by atoms with E-state index in [9.17, 15) is 9.90 Å². The smallest absolute Gasteiger partial charge is 0.361 e. The van der Waals surface area contributed by atoms with Crippen molar-refractivity contribution in [1.29, 1.82) is 0 Å². The molecule has 10 heteroatoms. The van der Waals surface area contributed by atoms with Crippen molar-refractivity contribution in [3.63, 3.8) is 0 Å². The Morgan fingerprint density at radius 3 is 2.85 bits per heavy atom. The van der Waals surface area contributed by atoms with Crippen molar-refractivity contribution in [1.82, 2.24) is 15.0 Å². The van der Waals surface area contributed by atoms with Crippen molar-refractivity contribution in [3.8, 4) is 10.6 Å². The molecule has 2 fully saturated rings. The number of esters is 1. The van der Waals surface area contributed by atoms with E-state index in [2.05, 4.69) is 10.3 Å². The highest BCUT2D eigenvalue weighted by Gasteiger charge is 2.56. The molecule has 4 atom stereocenters. The average Bonchev–Trinajstić information content (AvgIpc) is 3.36. The van der Waals surface area contributed by atoms with Crippen LogP contribution in [0, 0.1) is 0 Å². The number of carbonyl (C=O) groups is 1. The van der Waals surface area contributed by atoms with Crippen molar-refractivity contribution in [2.24, 2.45) is 0 Å². The zero-order chi connectivity index (χ0) is 19.2. The fraction of sp³-hybridized carbons (Fsp3) is 0.588. The van der Waals surface area contributed by atoms with Crippen LogP contribution >= 0.6 is 11.3 Å². The third kappa shape index (κ3) is 3.17. The zero-order valence-corrected chi connectivity index (χ0v) is 16.0. The number of hydrogen-bond donors (Lipinski definition) is 1. The van der Waals surface area contributed by atoms with E-state index in [0.717, 1.165) is 4.88 Å². The maximum Gasteiger partial charge on any atom is 0.361 e. The van der Waals surface area contributed by atoms with Crippen LogP contribution in [0.5, 0.6) is 0 Å². The number of thiophene rings is 1. The van der Waals surface area contributed by atoms with Crippen LogP contribution in [0.2, 0.25) is 0 Å². The summed E-state index contributed by atoms with van der Waals surface area (Å²) >= 11 is 1.45. The molecule has 2 saturated heterocycles. The van der Waals surface area contributed by atoms with Crippen molar-refractivity contribution in [2.45, 2.75) is 51.1 Å². The minimum absolute atomic E-state index is 0.116. The second-order valence-corrected chi connectivity index (χ2v) is 7.69. The van der Waals surface area contributed by atoms with Gasteiger partial charge in [-0.3, -0.25) is 0 Å². The lowest BCUT2D eigenvalue weighted by atomic mass is 10.1. The molecule has 0 amide bonds. The predicted octanol–water partition coefficient (Wildman–Crippen LogP) is 1.59. The standard InChI is InChI=1S/C17H21N3O6S/c1-4-23-16(22)11-12(10-6-5-7-27-10)20(19-18-11)15-14-13(9(8-21)24-15)25-17(2,3)26-14/h5-7,9,13-15,21H,4,8H2,1-3H3/t9-,13-,14-,15-/m1/s1. The third-order valence-electron chi connectivity index (χ3n) is 4.46. The van der Waals surface area contributed by atoms with Gasteiger partial charge in [0.2, 0.25) is 0 Å². The van der Waals surface area contributed by atoms with Gasteiger partial charge in [0.15, 0.2) is 17.7 Å². The topological polar surface area (TPSA) is 105 Å². The molecule has 0 unspecified atom stereocenters. The van der Waals surface area contributed by atoms with Gasteiger partial charge in [0.05, 0.1) is 18.1 Å². The van der Waals surface area contributed by atoms with Crippen molar-refractivity contribution in [2.75, 3.05) is 13.2 Å². The predicted molar refractivity (Wildman–Crippen MR) is 94.1 cm³/mol. The number of aromatic nitrogens is 3. The summed E-state index contributed by atoms with van der Waals surface area (Å²) in [4.78, 5) is 13.2. The van der Waals surface area contributed by atoms with E-state index in [1.54, 1.807) is 6.92 Å². The van der Waals surface area contributed by atoms with Gasteiger partial charge in [-0.1, -0.05) is 11.3 Å². The number of rotatable bonds is 5. The summed E-state index contributed by atoms with van der Waals surface area (Å²) in [7, 11) is 0. The molecule has 27 heavy (non-hydrogen) atoms. The fourth-order valence-corrected chi connectivity index (χ4v) is 4.22. The molecule has 0 spiro atoms. The number of aliphatic hydroxyl groups excluding tert-OH is 1. The lowest BCUT2D eigenvalue weighted by Crippen LogP contribution is -2.31. The van der Waals surface area contributed by atoms with Gasteiger partial charge < -0.3 is 24.1 Å². The molecule has 2 aliphatic rings. The molecule has 0 aromatic carbocycles. The van der Waals surface area contributed by atoms with Crippen LogP contribution in [0.25, 0.3) is 10.6 Å². The second-order valence-electron chi connectivity index (χ2n) is 6.74. The monoisotopic (exact) mass is 395 g/mol. The highest BCUT2D eigenvalue weighted by molar-refractivity contribution is 7.13. The maximum absolute atomic E-state index is 12.4. The minimum Gasteiger partial charge on any atom is -0.461 e. The lowest BCUT2D eigenvalue weighted by Gasteiger charge is -2.24. The first kappa shape index (κ1) is 18.5. The number of ether oxygens (including phenoxy) is 4. The molecular formula is C17H21N3O6S. The van der Waals surface area contributed by atoms with Gasteiger partial charge >= 0.3 is 5.97 Å². The largest absolute Gasteiger partial charge is 0.461 e. The van der Waals surface area contributed by atoms with Gasteiger partial charge in [0, 0.05) is 0 Å². The van der Waals surface area contributed by atoms with Crippen LogP contribution in [0.4, 0.5) is 0 Å². The van der Waals surface area contributed by atoms with Gasteiger partial charge in [-0.15, -0.1) is 16.4 Å². The molecule has 4 heterocycles. The van der Waals surface area contributed by atoms with Crippen molar-refractivity contribution >= 4 is 17.3 Å². The third-order valence-corrected chi connectivity index (χ3v) is 5.34. The normalized spacial score (nSPS) is 29.0. The van der Waals surface area contributed by atoms with E-state index in [-0.39, 0.29) is 18.9 Å². The molecule has 0 bridgehead atoms. The molecule has 146 valence electrons. The summed E-state index contributed by atoms with van der Waals surface area (Å²) < 4.78 is 24.5. The summed E-state index contributed by atoms with van der Waals surface area (Å²) in [6.45, 7) is 5.36. The van der Waals surface area contributed by atoms with Crippen molar-refractivity contribution in [3.05, 3.63) is 23.2 Å². The van der Waals surface area contributed by atoms with Gasteiger partial charge in [-0.25, -0.2) is 9.48 Å². The van der Waals surface area contributed by atoms with E-state index in [1.165, 1.54) is 16.0 Å². The van der Waals surface area contributed by atoms with Gasteiger partial charge in [0.25, 0.3) is 0 Å². The molecule has 0 aliphatic carbocycles. The molecule has 0 radical (unpaired) electrons. The summed E-state index contributed by atoms with van der Waals surface area (Å²) in [6, 6.07) is 3.74. The molecule has 9 nitrogen and oxygen atoms in total. The summed E-state index contributed by atoms with van der Waals surface area (Å²) in [5.41, 5.74) is 0.615. The fourth-order valence-electron chi connectivity index (χ4n) is 3.45. The molecular weight excluding hydrogens is 374 g/mol. The number of hydrogen-bond acceptors (Lipinski definition) is 9. The van der Waals surface area contributed by atoms with Gasteiger partial charge in [-0.2, -0.15) is 0 Å². The molecule has 2 aromatic rings. The molecule has 1 N–H and O–H groups in total. The zero-order valence-electron chi connectivity index (χ0n) is 15.2. The molecule has 2 aliphatic heterocycles. The Morgan fingerprint density at radius 2 is 2.19 bits per heavy atom. The maximum atomic E-state index is 12.4. The summed E-state index contributed by atoms with van der Waals surface area (Å²) in [6.07, 6.45) is -2.19. The van der Waals surface area contributed by atoms with E-state index in [4.69, 9.17) is 18.9 Å². The first-order valence-corrected chi connectivity index (χ1v) is 9.61. The van der Waals surface area contributed by atoms with E-state index < -0.39 is 36.3 Å². The van der Waals surface area contributed by atoms with Crippen LogP contribution in [-0.4, -0.2) is 63.4 Å². The first-order chi connectivity index (χ1) is 12.9. The Morgan fingerprint density at radius 1 is 1.41 bits per heavy atom. The molecule has 2 aromatic heterocycles. The van der Waals surface area contributed by atoms with Crippen LogP contribution in [-0.2, 0) is 18.9 Å².